The smallest absolute Gasteiger partial charge is 0.0471 e. The van der Waals surface area contributed by atoms with Crippen LogP contribution < -0.4 is 0 Å². The summed E-state index contributed by atoms with van der Waals surface area (Å²) >= 11 is 0. The van der Waals surface area contributed by atoms with E-state index in [9.17, 15) is 0 Å². The quantitative estimate of drug-likeness (QED) is 0.744. The van der Waals surface area contributed by atoms with Crippen LogP contribution in [0.3, 0.4) is 0 Å². The molecule has 13 heavy (non-hydrogen) atoms. The van der Waals surface area contributed by atoms with E-state index in [2.05, 4.69) is 19.1 Å². The molecule has 0 radical (unpaired) electrons. The van der Waals surface area contributed by atoms with Crippen molar-refractivity contribution in [2.75, 3.05) is 6.61 Å². The van der Waals surface area contributed by atoms with E-state index in [4.69, 9.17) is 5.11 Å². The molecule has 0 fully saturated rings. The molecule has 1 heteroatoms. The molecule has 1 aromatic rings. The van der Waals surface area contributed by atoms with Crippen molar-refractivity contribution in [3.05, 3.63) is 35.4 Å². The number of aliphatic hydroxyl groups excluding tert-OH is 1. The maximum absolute atomic E-state index is 8.59. The first kappa shape index (κ1) is 14.7. The van der Waals surface area contributed by atoms with E-state index in [-0.39, 0.29) is 14.0 Å². The van der Waals surface area contributed by atoms with Gasteiger partial charge in [0.2, 0.25) is 0 Å². The summed E-state index contributed by atoms with van der Waals surface area (Å²) in [5.74, 6) is 0. The minimum Gasteiger partial charge on any atom is -0.396 e. The van der Waals surface area contributed by atoms with Crippen LogP contribution in [0.5, 0.6) is 0 Å². The standard InChI is InChI=1S/C9H12O.C2H6.CH4/c1-8-2-4-9(5-3-8)6-7-10;1-2;/h2-5,10H,6-7H2,1H3;1-2H3;1H4. The Morgan fingerprint density at radius 3 is 1.92 bits per heavy atom. The molecule has 1 rings (SSSR count). The normalized spacial score (nSPS) is 8.00. The van der Waals surface area contributed by atoms with Crippen molar-refractivity contribution in [1.29, 1.82) is 0 Å². The van der Waals surface area contributed by atoms with Crippen LogP contribution in [0.1, 0.15) is 32.4 Å². The Morgan fingerprint density at radius 2 is 1.54 bits per heavy atom. The Hall–Kier alpha value is -0.820. The zero-order chi connectivity index (χ0) is 9.40. The number of aliphatic hydroxyl groups is 1. The molecule has 0 aromatic heterocycles. The Bertz CT molecular complexity index is 189. The van der Waals surface area contributed by atoms with Gasteiger partial charge in [0.1, 0.15) is 0 Å². The SMILES string of the molecule is C.CC.Cc1ccc(CCO)cc1. The Balaban J connectivity index is 0. The molecule has 0 heterocycles. The van der Waals surface area contributed by atoms with E-state index in [1.54, 1.807) is 0 Å². The Kier molecular flexibility index (Phi) is 10.5. The molecular formula is C12H22O. The van der Waals surface area contributed by atoms with Crippen molar-refractivity contribution in [3.8, 4) is 0 Å². The van der Waals surface area contributed by atoms with Gasteiger partial charge in [0.05, 0.1) is 0 Å². The minimum atomic E-state index is 0. The van der Waals surface area contributed by atoms with Crippen LogP contribution >= 0.6 is 0 Å². The van der Waals surface area contributed by atoms with Crippen molar-refractivity contribution >= 4 is 0 Å². The van der Waals surface area contributed by atoms with Gasteiger partial charge >= 0.3 is 0 Å². The van der Waals surface area contributed by atoms with Gasteiger partial charge in [-0.05, 0) is 18.9 Å². The molecule has 1 nitrogen and oxygen atoms in total. The summed E-state index contributed by atoms with van der Waals surface area (Å²) in [7, 11) is 0. The lowest BCUT2D eigenvalue weighted by Crippen LogP contribution is -1.89. The van der Waals surface area contributed by atoms with E-state index in [0.717, 1.165) is 6.42 Å². The molecule has 0 aliphatic rings. The third-order valence-corrected chi connectivity index (χ3v) is 1.52. The van der Waals surface area contributed by atoms with Crippen molar-refractivity contribution < 1.29 is 5.11 Å². The summed E-state index contributed by atoms with van der Waals surface area (Å²) in [5.41, 5.74) is 2.47. The fraction of sp³-hybridized carbons (Fsp3) is 0.500. The number of rotatable bonds is 2. The van der Waals surface area contributed by atoms with Crippen LogP contribution in [0.4, 0.5) is 0 Å². The molecule has 0 bridgehead atoms. The highest BCUT2D eigenvalue weighted by Gasteiger charge is 1.88. The highest BCUT2D eigenvalue weighted by atomic mass is 16.2. The van der Waals surface area contributed by atoms with Crippen molar-refractivity contribution in [2.45, 2.75) is 34.6 Å². The Labute approximate surface area is 82.4 Å². The lowest BCUT2D eigenvalue weighted by Gasteiger charge is -1.96. The highest BCUT2D eigenvalue weighted by molar-refractivity contribution is 5.21. The summed E-state index contributed by atoms with van der Waals surface area (Å²) in [6.45, 7) is 6.30. The van der Waals surface area contributed by atoms with Gasteiger partial charge in [-0.3, -0.25) is 0 Å². The second-order valence-corrected chi connectivity index (χ2v) is 2.46. The lowest BCUT2D eigenvalue weighted by atomic mass is 10.1. The number of hydrogen-bond acceptors (Lipinski definition) is 1. The number of aryl methyl sites for hydroxylation is 1. The average molecular weight is 182 g/mol. The van der Waals surface area contributed by atoms with Gasteiger partial charge < -0.3 is 5.11 Å². The molecule has 0 aliphatic carbocycles. The van der Waals surface area contributed by atoms with E-state index >= 15 is 0 Å². The minimum absolute atomic E-state index is 0. The van der Waals surface area contributed by atoms with Gasteiger partial charge in [0, 0.05) is 6.61 Å². The fourth-order valence-corrected chi connectivity index (χ4v) is 0.884. The molecule has 0 aliphatic heterocycles. The molecule has 1 N–H and O–H groups in total. The largest absolute Gasteiger partial charge is 0.396 e. The van der Waals surface area contributed by atoms with Crippen molar-refractivity contribution in [1.82, 2.24) is 0 Å². The van der Waals surface area contributed by atoms with E-state index in [1.165, 1.54) is 11.1 Å². The molecule has 76 valence electrons. The first-order chi connectivity index (χ1) is 5.83. The molecule has 0 saturated heterocycles. The second kappa shape index (κ2) is 9.27. The van der Waals surface area contributed by atoms with Gasteiger partial charge in [-0.25, -0.2) is 0 Å². The topological polar surface area (TPSA) is 20.2 Å². The molecule has 1 aromatic carbocycles. The third-order valence-electron chi connectivity index (χ3n) is 1.52. The summed E-state index contributed by atoms with van der Waals surface area (Å²) < 4.78 is 0. The van der Waals surface area contributed by atoms with Gasteiger partial charge in [-0.2, -0.15) is 0 Å². The predicted octanol–water partition coefficient (Wildman–Crippen LogP) is 3.19. The Morgan fingerprint density at radius 1 is 1.08 bits per heavy atom. The van der Waals surface area contributed by atoms with Crippen molar-refractivity contribution in [2.24, 2.45) is 0 Å². The lowest BCUT2D eigenvalue weighted by molar-refractivity contribution is 0.299. The average Bonchev–Trinajstić information content (AvgIpc) is 2.13. The predicted molar refractivity (Wildman–Crippen MR) is 60.0 cm³/mol. The first-order valence-electron chi connectivity index (χ1n) is 4.49. The zero-order valence-corrected chi connectivity index (χ0v) is 8.17. The number of benzene rings is 1. The van der Waals surface area contributed by atoms with E-state index in [1.807, 2.05) is 26.0 Å². The molecule has 0 unspecified atom stereocenters. The fourth-order valence-electron chi connectivity index (χ4n) is 0.884. The summed E-state index contributed by atoms with van der Waals surface area (Å²) in [5, 5.41) is 8.59. The number of hydrogen-bond donors (Lipinski definition) is 1. The van der Waals surface area contributed by atoms with Crippen LogP contribution in [-0.4, -0.2) is 11.7 Å². The van der Waals surface area contributed by atoms with Gasteiger partial charge in [0.15, 0.2) is 0 Å². The molecular weight excluding hydrogens is 160 g/mol. The molecule has 0 amide bonds. The zero-order valence-electron chi connectivity index (χ0n) is 8.17. The molecule has 0 spiro atoms. The monoisotopic (exact) mass is 182 g/mol. The van der Waals surface area contributed by atoms with Crippen LogP contribution in [0.15, 0.2) is 24.3 Å². The summed E-state index contributed by atoms with van der Waals surface area (Å²) in [6.07, 6.45) is 0.764. The summed E-state index contributed by atoms with van der Waals surface area (Å²) in [4.78, 5) is 0. The maximum atomic E-state index is 8.59. The van der Waals surface area contributed by atoms with Crippen molar-refractivity contribution in [3.63, 3.8) is 0 Å². The highest BCUT2D eigenvalue weighted by Crippen LogP contribution is 2.02. The van der Waals surface area contributed by atoms with Gasteiger partial charge in [-0.1, -0.05) is 51.1 Å². The maximum Gasteiger partial charge on any atom is 0.0471 e. The molecule has 0 saturated carbocycles. The van der Waals surface area contributed by atoms with Crippen LogP contribution in [0.2, 0.25) is 0 Å². The third kappa shape index (κ3) is 6.35. The van der Waals surface area contributed by atoms with Crippen LogP contribution in [0.25, 0.3) is 0 Å². The van der Waals surface area contributed by atoms with Crippen LogP contribution in [0, 0.1) is 6.92 Å². The van der Waals surface area contributed by atoms with E-state index < -0.39 is 0 Å². The second-order valence-electron chi connectivity index (χ2n) is 2.46. The molecule has 0 atom stereocenters. The summed E-state index contributed by atoms with van der Waals surface area (Å²) in [6, 6.07) is 8.22. The van der Waals surface area contributed by atoms with Gasteiger partial charge in [-0.15, -0.1) is 0 Å². The van der Waals surface area contributed by atoms with Gasteiger partial charge in [0.25, 0.3) is 0 Å². The van der Waals surface area contributed by atoms with Crippen LogP contribution in [-0.2, 0) is 6.42 Å². The first-order valence-corrected chi connectivity index (χ1v) is 4.49. The van der Waals surface area contributed by atoms with E-state index in [0.29, 0.717) is 0 Å².